The van der Waals surface area contributed by atoms with E-state index >= 15 is 4.39 Å². The van der Waals surface area contributed by atoms with Crippen LogP contribution in [0.3, 0.4) is 0 Å². The van der Waals surface area contributed by atoms with Gasteiger partial charge in [-0.1, -0.05) is 36.4 Å². The van der Waals surface area contributed by atoms with E-state index in [1.165, 1.54) is 19.3 Å². The number of aromatic hydroxyl groups is 1. The molecule has 5 rings (SSSR count). The molecule has 3 aromatic carbocycles. The maximum absolute atomic E-state index is 16.3. The van der Waals surface area contributed by atoms with Gasteiger partial charge in [0.25, 0.3) is 0 Å². The van der Waals surface area contributed by atoms with Crippen LogP contribution in [-0.4, -0.2) is 59.2 Å². The molecule has 1 aromatic heterocycles. The molecule has 184 valence electrons. The summed E-state index contributed by atoms with van der Waals surface area (Å²) in [5.41, 5.74) is 1.60. The van der Waals surface area contributed by atoms with Crippen molar-refractivity contribution in [2.24, 2.45) is 0 Å². The number of phenols is 1. The second kappa shape index (κ2) is 9.28. The van der Waals surface area contributed by atoms with Crippen molar-refractivity contribution in [2.75, 3.05) is 38.2 Å². The Hall–Kier alpha value is -3.91. The van der Waals surface area contributed by atoms with Crippen molar-refractivity contribution in [1.29, 1.82) is 0 Å². The van der Waals surface area contributed by atoms with Crippen molar-refractivity contribution < 1.29 is 19.0 Å². The topological polar surface area (TPSA) is 78.8 Å². The molecule has 0 unspecified atom stereocenters. The van der Waals surface area contributed by atoms with Crippen molar-refractivity contribution in [3.8, 4) is 22.9 Å². The minimum absolute atomic E-state index is 0.00608. The Labute approximate surface area is 212 Å². The van der Waals surface area contributed by atoms with Crippen LogP contribution in [0.15, 0.2) is 49.1 Å². The normalized spacial score (nSPS) is 13.9. The number of carbonyl (C=O) groups is 1. The van der Waals surface area contributed by atoms with E-state index in [0.29, 0.717) is 42.9 Å². The van der Waals surface area contributed by atoms with Gasteiger partial charge in [-0.2, -0.15) is 9.97 Å². The average Bonchev–Trinajstić information content (AvgIpc) is 2.87. The molecule has 0 bridgehead atoms. The Morgan fingerprint density at radius 1 is 1.19 bits per heavy atom. The number of phenolic OH excluding ortho intramolecular Hbond substituents is 1. The third kappa shape index (κ3) is 3.97. The number of carbonyl (C=O) groups excluding carboxylic acids is 1. The number of rotatable bonds is 4. The molecule has 1 amide bonds. The number of piperazine rings is 1. The minimum Gasteiger partial charge on any atom is -0.508 e. The molecule has 1 aliphatic heterocycles. The minimum atomic E-state index is -0.630. The van der Waals surface area contributed by atoms with Gasteiger partial charge in [0.2, 0.25) is 5.91 Å². The Morgan fingerprint density at radius 2 is 1.94 bits per heavy atom. The molecule has 0 atom stereocenters. The van der Waals surface area contributed by atoms with Gasteiger partial charge >= 0.3 is 6.01 Å². The zero-order valence-corrected chi connectivity index (χ0v) is 20.6. The molecular weight excluding hydrogens is 483 g/mol. The van der Waals surface area contributed by atoms with E-state index in [-0.39, 0.29) is 33.8 Å². The van der Waals surface area contributed by atoms with E-state index in [0.717, 1.165) is 16.3 Å². The fourth-order valence-corrected chi connectivity index (χ4v) is 5.10. The van der Waals surface area contributed by atoms with Crippen molar-refractivity contribution in [3.05, 3.63) is 65.5 Å². The summed E-state index contributed by atoms with van der Waals surface area (Å²) in [5, 5.41) is 12.6. The van der Waals surface area contributed by atoms with Gasteiger partial charge in [-0.05, 0) is 53.1 Å². The Bertz CT molecular complexity index is 1530. The predicted molar refractivity (Wildman–Crippen MR) is 139 cm³/mol. The molecule has 1 fully saturated rings. The van der Waals surface area contributed by atoms with Gasteiger partial charge in [0.1, 0.15) is 17.1 Å². The second-order valence-electron chi connectivity index (χ2n) is 8.66. The number of nitrogens with zero attached hydrogens (tertiary/aromatic N) is 4. The summed E-state index contributed by atoms with van der Waals surface area (Å²) in [6.07, 6.45) is 1.29. The molecule has 1 aliphatic rings. The van der Waals surface area contributed by atoms with Crippen molar-refractivity contribution in [3.63, 3.8) is 0 Å². The van der Waals surface area contributed by atoms with Crippen LogP contribution in [0.25, 0.3) is 32.8 Å². The molecule has 1 saturated heterocycles. The number of fused-ring (bicyclic) bond motifs is 2. The lowest BCUT2D eigenvalue weighted by molar-refractivity contribution is -0.126. The van der Waals surface area contributed by atoms with E-state index in [9.17, 15) is 9.90 Å². The van der Waals surface area contributed by atoms with Crippen LogP contribution >= 0.6 is 11.6 Å². The average molecular weight is 507 g/mol. The summed E-state index contributed by atoms with van der Waals surface area (Å²) in [6.45, 7) is 7.40. The van der Waals surface area contributed by atoms with Gasteiger partial charge in [0, 0.05) is 37.1 Å². The first-order valence-corrected chi connectivity index (χ1v) is 11.8. The number of halogens is 2. The third-order valence-corrected chi connectivity index (χ3v) is 6.83. The first kappa shape index (κ1) is 23.8. The summed E-state index contributed by atoms with van der Waals surface area (Å²) < 4.78 is 21.6. The Balaban J connectivity index is 1.70. The molecule has 2 heterocycles. The van der Waals surface area contributed by atoms with Crippen LogP contribution in [0.1, 0.15) is 5.56 Å². The first-order chi connectivity index (χ1) is 17.3. The number of aryl methyl sites for hydroxylation is 1. The lowest BCUT2D eigenvalue weighted by Gasteiger charge is -2.35. The van der Waals surface area contributed by atoms with Crippen molar-refractivity contribution >= 4 is 45.0 Å². The SMILES string of the molecule is C=CC(=O)N1CCN(c2nc(OC)nc3c(F)c(-c4cc(O)cc5cccc(C)c45)c(Cl)cc23)CC1. The Kier molecular flexibility index (Phi) is 6.14. The summed E-state index contributed by atoms with van der Waals surface area (Å²) in [6, 6.07) is 10.5. The fourth-order valence-electron chi connectivity index (χ4n) is 4.80. The molecule has 9 heteroatoms. The Morgan fingerprint density at radius 3 is 2.64 bits per heavy atom. The molecule has 0 saturated carbocycles. The summed E-state index contributed by atoms with van der Waals surface area (Å²) in [5.74, 6) is -0.277. The molecule has 4 aromatic rings. The molecule has 0 spiro atoms. The third-order valence-electron chi connectivity index (χ3n) is 6.53. The van der Waals surface area contributed by atoms with Gasteiger partial charge in [-0.25, -0.2) is 4.39 Å². The summed E-state index contributed by atoms with van der Waals surface area (Å²) in [7, 11) is 1.42. The zero-order chi connectivity index (χ0) is 25.6. The van der Waals surface area contributed by atoms with Gasteiger partial charge in [-0.15, -0.1) is 0 Å². The molecule has 0 radical (unpaired) electrons. The lowest BCUT2D eigenvalue weighted by atomic mass is 9.93. The number of hydrogen-bond acceptors (Lipinski definition) is 6. The van der Waals surface area contributed by atoms with Crippen LogP contribution in [0.5, 0.6) is 11.8 Å². The monoisotopic (exact) mass is 506 g/mol. The molecular formula is C27H24ClFN4O3. The predicted octanol–water partition coefficient (Wildman–Crippen LogP) is 5.10. The van der Waals surface area contributed by atoms with E-state index < -0.39 is 5.82 Å². The van der Waals surface area contributed by atoms with Crippen LogP contribution in [0.4, 0.5) is 10.2 Å². The zero-order valence-electron chi connectivity index (χ0n) is 19.9. The van der Waals surface area contributed by atoms with Crippen LogP contribution in [0, 0.1) is 12.7 Å². The van der Waals surface area contributed by atoms with Crippen molar-refractivity contribution in [2.45, 2.75) is 6.92 Å². The summed E-state index contributed by atoms with van der Waals surface area (Å²) >= 11 is 6.73. The number of hydrogen-bond donors (Lipinski definition) is 1. The largest absolute Gasteiger partial charge is 0.508 e. The van der Waals surface area contributed by atoms with Crippen LogP contribution in [0.2, 0.25) is 5.02 Å². The number of ether oxygens (including phenoxy) is 1. The molecule has 7 nitrogen and oxygen atoms in total. The smallest absolute Gasteiger partial charge is 0.318 e. The highest BCUT2D eigenvalue weighted by Crippen LogP contribution is 2.43. The number of methoxy groups -OCH3 is 1. The van der Waals surface area contributed by atoms with E-state index in [2.05, 4.69) is 16.5 Å². The fraction of sp³-hybridized carbons (Fsp3) is 0.222. The number of amides is 1. The highest BCUT2D eigenvalue weighted by atomic mass is 35.5. The quantitative estimate of drug-likeness (QED) is 0.388. The van der Waals surface area contributed by atoms with Crippen LogP contribution < -0.4 is 9.64 Å². The van der Waals surface area contributed by atoms with Gasteiger partial charge in [-0.3, -0.25) is 4.79 Å². The molecule has 1 N–H and O–H groups in total. The number of aromatic nitrogens is 2. The van der Waals surface area contributed by atoms with Crippen LogP contribution in [-0.2, 0) is 4.79 Å². The number of benzene rings is 3. The standard InChI is InChI=1S/C27H24ClFN4O3/c1-4-21(35)32-8-10-33(11-9-32)26-19-14-20(28)23(24(29)25(19)30-27(31-26)36-3)18-13-17(34)12-16-7-5-6-15(2)22(16)18/h4-7,12-14,34H,1,8-11H2,2-3H3. The van der Waals surface area contributed by atoms with E-state index in [1.807, 2.05) is 30.0 Å². The molecule has 0 aliphatic carbocycles. The van der Waals surface area contributed by atoms with Gasteiger partial charge in [0.05, 0.1) is 12.1 Å². The lowest BCUT2D eigenvalue weighted by Crippen LogP contribution is -2.48. The van der Waals surface area contributed by atoms with Gasteiger partial charge < -0.3 is 19.6 Å². The molecule has 36 heavy (non-hydrogen) atoms. The van der Waals surface area contributed by atoms with E-state index in [4.69, 9.17) is 16.3 Å². The first-order valence-electron chi connectivity index (χ1n) is 11.4. The van der Waals surface area contributed by atoms with Crippen molar-refractivity contribution in [1.82, 2.24) is 14.9 Å². The second-order valence-corrected chi connectivity index (χ2v) is 9.07. The number of anilines is 1. The maximum Gasteiger partial charge on any atom is 0.318 e. The maximum atomic E-state index is 16.3. The van der Waals surface area contributed by atoms with Gasteiger partial charge in [0.15, 0.2) is 5.82 Å². The highest BCUT2D eigenvalue weighted by Gasteiger charge is 2.26. The highest BCUT2D eigenvalue weighted by molar-refractivity contribution is 6.35. The summed E-state index contributed by atoms with van der Waals surface area (Å²) in [4.78, 5) is 24.5. The van der Waals surface area contributed by atoms with E-state index in [1.54, 1.807) is 17.0 Å².